The lowest BCUT2D eigenvalue weighted by Gasteiger charge is -2.31. The lowest BCUT2D eigenvalue weighted by Crippen LogP contribution is -2.37. The van der Waals surface area contributed by atoms with Gasteiger partial charge in [-0.2, -0.15) is 0 Å². The molecule has 3 nitrogen and oxygen atoms in total. The molecule has 1 unspecified atom stereocenters. The standard InChI is InChI=1S/C15H23NO2/c1-10(2)16(9-15(17)18)13(5)14-7-11(3)6-12(4)8-14/h6-8,10,13H,9H2,1-5H3,(H,17,18). The van der Waals surface area contributed by atoms with Crippen LogP contribution in [0.25, 0.3) is 0 Å². The lowest BCUT2D eigenvalue weighted by atomic mass is 10.0. The van der Waals surface area contributed by atoms with Crippen LogP contribution in [0.4, 0.5) is 0 Å². The Morgan fingerprint density at radius 1 is 1.17 bits per heavy atom. The number of hydrogen-bond donors (Lipinski definition) is 1. The normalized spacial score (nSPS) is 13.1. The van der Waals surface area contributed by atoms with Crippen molar-refractivity contribution in [1.82, 2.24) is 4.90 Å². The molecule has 1 rings (SSSR count). The molecule has 3 heteroatoms. The average Bonchev–Trinajstić information content (AvgIpc) is 2.23. The van der Waals surface area contributed by atoms with Crippen molar-refractivity contribution in [2.45, 2.75) is 46.7 Å². The summed E-state index contributed by atoms with van der Waals surface area (Å²) < 4.78 is 0. The van der Waals surface area contributed by atoms with Gasteiger partial charge in [-0.1, -0.05) is 29.3 Å². The van der Waals surface area contributed by atoms with E-state index in [1.54, 1.807) is 0 Å². The molecule has 0 spiro atoms. The molecule has 0 aliphatic rings. The van der Waals surface area contributed by atoms with Crippen molar-refractivity contribution in [3.05, 3.63) is 34.9 Å². The van der Waals surface area contributed by atoms with Crippen LogP contribution in [0.1, 0.15) is 43.5 Å². The molecule has 18 heavy (non-hydrogen) atoms. The summed E-state index contributed by atoms with van der Waals surface area (Å²) >= 11 is 0. The summed E-state index contributed by atoms with van der Waals surface area (Å²) in [5.74, 6) is -0.778. The monoisotopic (exact) mass is 249 g/mol. The lowest BCUT2D eigenvalue weighted by molar-refractivity contribution is -0.139. The number of nitrogens with zero attached hydrogens (tertiary/aromatic N) is 1. The second-order valence-electron chi connectivity index (χ2n) is 5.26. The summed E-state index contributed by atoms with van der Waals surface area (Å²) in [6.07, 6.45) is 0. The number of rotatable bonds is 5. The zero-order valence-corrected chi connectivity index (χ0v) is 11.9. The minimum Gasteiger partial charge on any atom is -0.480 e. The third-order valence-electron chi connectivity index (χ3n) is 3.21. The van der Waals surface area contributed by atoms with Crippen LogP contribution in [0.2, 0.25) is 0 Å². The minimum absolute atomic E-state index is 0.0752. The smallest absolute Gasteiger partial charge is 0.317 e. The molecule has 0 radical (unpaired) electrons. The maximum Gasteiger partial charge on any atom is 0.317 e. The van der Waals surface area contributed by atoms with Crippen molar-refractivity contribution in [2.75, 3.05) is 6.54 Å². The quantitative estimate of drug-likeness (QED) is 0.871. The Morgan fingerprint density at radius 3 is 2.06 bits per heavy atom. The van der Waals surface area contributed by atoms with E-state index in [4.69, 9.17) is 5.11 Å². The first kappa shape index (κ1) is 14.7. The Morgan fingerprint density at radius 2 is 1.67 bits per heavy atom. The predicted octanol–water partition coefficient (Wildman–Crippen LogP) is 3.16. The largest absolute Gasteiger partial charge is 0.480 e. The average molecular weight is 249 g/mol. The number of hydrogen-bond acceptors (Lipinski definition) is 2. The Kier molecular flexibility index (Phi) is 4.91. The summed E-state index contributed by atoms with van der Waals surface area (Å²) in [7, 11) is 0. The summed E-state index contributed by atoms with van der Waals surface area (Å²) in [5, 5.41) is 9.00. The van der Waals surface area contributed by atoms with E-state index in [1.165, 1.54) is 16.7 Å². The molecular weight excluding hydrogens is 226 g/mol. The van der Waals surface area contributed by atoms with Gasteiger partial charge in [-0.25, -0.2) is 0 Å². The van der Waals surface area contributed by atoms with Crippen LogP contribution in [0, 0.1) is 13.8 Å². The second kappa shape index (κ2) is 6.01. The molecule has 1 aromatic rings. The highest BCUT2D eigenvalue weighted by atomic mass is 16.4. The van der Waals surface area contributed by atoms with Crippen LogP contribution in [-0.4, -0.2) is 28.6 Å². The molecule has 0 aliphatic heterocycles. The summed E-state index contributed by atoms with van der Waals surface area (Å²) in [6.45, 7) is 10.3. The molecule has 0 saturated carbocycles. The van der Waals surface area contributed by atoms with Gasteiger partial charge >= 0.3 is 5.97 Å². The third-order valence-corrected chi connectivity index (χ3v) is 3.21. The van der Waals surface area contributed by atoms with E-state index in [9.17, 15) is 4.79 Å². The molecular formula is C15H23NO2. The van der Waals surface area contributed by atoms with Crippen LogP contribution in [0.3, 0.4) is 0 Å². The number of carboxylic acids is 1. The number of carbonyl (C=O) groups is 1. The van der Waals surface area contributed by atoms with E-state index in [0.717, 1.165) is 0 Å². The fourth-order valence-corrected chi connectivity index (χ4v) is 2.37. The maximum atomic E-state index is 10.9. The molecule has 1 aromatic carbocycles. The van der Waals surface area contributed by atoms with E-state index in [1.807, 2.05) is 18.7 Å². The van der Waals surface area contributed by atoms with E-state index in [2.05, 4.69) is 39.0 Å². The topological polar surface area (TPSA) is 40.5 Å². The molecule has 0 amide bonds. The predicted molar refractivity (Wildman–Crippen MR) is 73.8 cm³/mol. The van der Waals surface area contributed by atoms with Gasteiger partial charge in [0.05, 0.1) is 6.54 Å². The maximum absolute atomic E-state index is 10.9. The van der Waals surface area contributed by atoms with Gasteiger partial charge in [-0.05, 0) is 40.2 Å². The highest BCUT2D eigenvalue weighted by Crippen LogP contribution is 2.24. The van der Waals surface area contributed by atoms with Gasteiger partial charge in [0.2, 0.25) is 0 Å². The molecule has 0 aromatic heterocycles. The van der Waals surface area contributed by atoms with E-state index in [-0.39, 0.29) is 18.6 Å². The van der Waals surface area contributed by atoms with Crippen LogP contribution in [0.5, 0.6) is 0 Å². The van der Waals surface area contributed by atoms with Crippen molar-refractivity contribution in [3.63, 3.8) is 0 Å². The highest BCUT2D eigenvalue weighted by Gasteiger charge is 2.21. The van der Waals surface area contributed by atoms with Gasteiger partial charge < -0.3 is 5.11 Å². The number of benzene rings is 1. The van der Waals surface area contributed by atoms with Gasteiger partial charge in [-0.3, -0.25) is 9.69 Å². The first-order chi connectivity index (χ1) is 8.31. The zero-order valence-electron chi connectivity index (χ0n) is 11.9. The fourth-order valence-electron chi connectivity index (χ4n) is 2.37. The zero-order chi connectivity index (χ0) is 13.9. The van der Waals surface area contributed by atoms with E-state index >= 15 is 0 Å². The van der Waals surface area contributed by atoms with E-state index < -0.39 is 5.97 Å². The van der Waals surface area contributed by atoms with Crippen LogP contribution in [-0.2, 0) is 4.79 Å². The van der Waals surface area contributed by atoms with Gasteiger partial charge in [0.1, 0.15) is 0 Å². The van der Waals surface area contributed by atoms with Crippen LogP contribution in [0.15, 0.2) is 18.2 Å². The summed E-state index contributed by atoms with van der Waals surface area (Å²) in [4.78, 5) is 12.9. The summed E-state index contributed by atoms with van der Waals surface area (Å²) in [6, 6.07) is 6.72. The Labute approximate surface area is 109 Å². The Bertz CT molecular complexity index is 406. The second-order valence-corrected chi connectivity index (χ2v) is 5.26. The van der Waals surface area contributed by atoms with E-state index in [0.29, 0.717) is 0 Å². The molecule has 1 N–H and O–H groups in total. The highest BCUT2D eigenvalue weighted by molar-refractivity contribution is 5.69. The SMILES string of the molecule is Cc1cc(C)cc(C(C)N(CC(=O)O)C(C)C)c1. The third kappa shape index (κ3) is 3.84. The number of aliphatic carboxylic acids is 1. The molecule has 0 bridgehead atoms. The van der Waals surface area contributed by atoms with Crippen molar-refractivity contribution >= 4 is 5.97 Å². The van der Waals surface area contributed by atoms with Gasteiger partial charge in [0, 0.05) is 12.1 Å². The summed E-state index contributed by atoms with van der Waals surface area (Å²) in [5.41, 5.74) is 3.62. The minimum atomic E-state index is -0.778. The van der Waals surface area contributed by atoms with Gasteiger partial charge in [0.25, 0.3) is 0 Å². The molecule has 0 fully saturated rings. The molecule has 0 saturated heterocycles. The first-order valence-electron chi connectivity index (χ1n) is 6.37. The Balaban J connectivity index is 3.01. The van der Waals surface area contributed by atoms with Gasteiger partial charge in [-0.15, -0.1) is 0 Å². The van der Waals surface area contributed by atoms with Crippen molar-refractivity contribution in [2.24, 2.45) is 0 Å². The molecule has 100 valence electrons. The molecule has 0 aliphatic carbocycles. The fraction of sp³-hybridized carbons (Fsp3) is 0.533. The van der Waals surface area contributed by atoms with Crippen molar-refractivity contribution < 1.29 is 9.90 Å². The van der Waals surface area contributed by atoms with Crippen LogP contribution >= 0.6 is 0 Å². The molecule has 0 heterocycles. The Hall–Kier alpha value is -1.35. The molecule has 1 atom stereocenters. The number of aryl methyl sites for hydroxylation is 2. The number of carboxylic acid groups (broad SMARTS) is 1. The first-order valence-corrected chi connectivity index (χ1v) is 6.37. The van der Waals surface area contributed by atoms with Gasteiger partial charge in [0.15, 0.2) is 0 Å². The van der Waals surface area contributed by atoms with Crippen LogP contribution < -0.4 is 0 Å². The van der Waals surface area contributed by atoms with Crippen molar-refractivity contribution in [1.29, 1.82) is 0 Å². The van der Waals surface area contributed by atoms with Crippen molar-refractivity contribution in [3.8, 4) is 0 Å².